The van der Waals surface area contributed by atoms with Gasteiger partial charge in [0.2, 0.25) is 11.8 Å². The molecule has 0 aliphatic rings. The first-order chi connectivity index (χ1) is 9.47. The van der Waals surface area contributed by atoms with E-state index in [-0.39, 0.29) is 18.4 Å². The Labute approximate surface area is 122 Å². The lowest BCUT2D eigenvalue weighted by atomic mass is 10.2. The van der Waals surface area contributed by atoms with E-state index in [0.29, 0.717) is 16.5 Å². The van der Waals surface area contributed by atoms with Crippen molar-refractivity contribution in [1.82, 2.24) is 10.6 Å². The van der Waals surface area contributed by atoms with Gasteiger partial charge < -0.3 is 15.4 Å². The van der Waals surface area contributed by atoms with Crippen LogP contribution in [0.25, 0.3) is 0 Å². The Morgan fingerprint density at radius 1 is 1.40 bits per heavy atom. The summed E-state index contributed by atoms with van der Waals surface area (Å²) in [6, 6.07) is 4.41. The van der Waals surface area contributed by atoms with E-state index in [1.807, 2.05) is 0 Å². The van der Waals surface area contributed by atoms with E-state index in [0.717, 1.165) is 0 Å². The molecule has 20 heavy (non-hydrogen) atoms. The van der Waals surface area contributed by atoms with E-state index >= 15 is 0 Å². The average molecular weight is 300 g/mol. The topological polar surface area (TPSA) is 79.5 Å². The highest BCUT2D eigenvalue weighted by atomic mass is 35.5. The molecule has 3 N–H and O–H groups in total. The van der Waals surface area contributed by atoms with Crippen LogP contribution in [0, 0.1) is 0 Å². The van der Waals surface area contributed by atoms with E-state index in [4.69, 9.17) is 16.3 Å². The quantitative estimate of drug-likeness (QED) is 0.732. The van der Waals surface area contributed by atoms with Gasteiger partial charge in [0.15, 0.2) is 0 Å². The Morgan fingerprint density at radius 3 is 2.70 bits per heavy atom. The van der Waals surface area contributed by atoms with Crippen LogP contribution in [0.3, 0.4) is 0 Å². The van der Waals surface area contributed by atoms with Gasteiger partial charge in [-0.2, -0.15) is 0 Å². The zero-order chi connectivity index (χ0) is 15.1. The number of hydrogen-bond donors (Lipinski definition) is 3. The molecule has 2 amide bonds. The fourth-order valence-electron chi connectivity index (χ4n) is 1.45. The van der Waals surface area contributed by atoms with E-state index in [2.05, 4.69) is 16.0 Å². The zero-order valence-electron chi connectivity index (χ0n) is 11.6. The Bertz CT molecular complexity index is 494. The fraction of sp³-hybridized carbons (Fsp3) is 0.385. The highest BCUT2D eigenvalue weighted by Gasteiger charge is 2.15. The molecule has 0 spiro atoms. The van der Waals surface area contributed by atoms with Gasteiger partial charge in [-0.15, -0.1) is 0 Å². The Balaban J connectivity index is 2.65. The number of anilines is 1. The van der Waals surface area contributed by atoms with Crippen LogP contribution in [0.5, 0.6) is 5.75 Å². The van der Waals surface area contributed by atoms with E-state index in [9.17, 15) is 9.59 Å². The highest BCUT2D eigenvalue weighted by Crippen LogP contribution is 2.27. The normalized spacial score (nSPS) is 11.6. The predicted octanol–water partition coefficient (Wildman–Crippen LogP) is 1.01. The van der Waals surface area contributed by atoms with Crippen molar-refractivity contribution < 1.29 is 14.3 Å². The van der Waals surface area contributed by atoms with E-state index in [1.54, 1.807) is 25.1 Å². The van der Waals surface area contributed by atoms with Gasteiger partial charge in [-0.05, 0) is 25.1 Å². The molecule has 1 rings (SSSR count). The summed E-state index contributed by atoms with van der Waals surface area (Å²) >= 11 is 5.88. The molecule has 1 atom stereocenters. The molecule has 0 saturated carbocycles. The number of carbonyl (C=O) groups excluding carboxylic acids is 2. The molecule has 0 aromatic heterocycles. The van der Waals surface area contributed by atoms with Crippen molar-refractivity contribution in [2.45, 2.75) is 13.0 Å². The van der Waals surface area contributed by atoms with Crippen LogP contribution >= 0.6 is 11.6 Å². The molecule has 0 radical (unpaired) electrons. The lowest BCUT2D eigenvalue weighted by Crippen LogP contribution is -2.42. The molecule has 110 valence electrons. The van der Waals surface area contributed by atoms with Gasteiger partial charge in [0.25, 0.3) is 0 Å². The van der Waals surface area contributed by atoms with Crippen LogP contribution in [0.4, 0.5) is 5.69 Å². The monoisotopic (exact) mass is 299 g/mol. The van der Waals surface area contributed by atoms with E-state index in [1.165, 1.54) is 14.2 Å². The second-order valence-corrected chi connectivity index (χ2v) is 4.55. The molecule has 0 bridgehead atoms. The number of carbonyl (C=O) groups is 2. The van der Waals surface area contributed by atoms with Crippen molar-refractivity contribution in [3.63, 3.8) is 0 Å². The number of likely N-dealkylation sites (N-methyl/N-ethyl adjacent to an activating group) is 1. The van der Waals surface area contributed by atoms with Crippen LogP contribution in [0.2, 0.25) is 5.02 Å². The predicted molar refractivity (Wildman–Crippen MR) is 78.2 cm³/mol. The molecule has 1 aromatic carbocycles. The minimum absolute atomic E-state index is 0.0672. The van der Waals surface area contributed by atoms with Crippen molar-refractivity contribution in [2.75, 3.05) is 26.0 Å². The van der Waals surface area contributed by atoms with Gasteiger partial charge in [0.05, 0.1) is 25.4 Å². The highest BCUT2D eigenvalue weighted by molar-refractivity contribution is 6.31. The molecular formula is C13H18ClN3O3. The lowest BCUT2D eigenvalue weighted by Gasteiger charge is -2.15. The molecule has 0 saturated heterocycles. The van der Waals surface area contributed by atoms with Crippen molar-refractivity contribution in [3.8, 4) is 5.75 Å². The maximum absolute atomic E-state index is 12.0. The summed E-state index contributed by atoms with van der Waals surface area (Å²) in [5, 5.41) is 8.47. The number of benzene rings is 1. The molecule has 0 unspecified atom stereocenters. The zero-order valence-corrected chi connectivity index (χ0v) is 12.4. The number of hydrogen-bond acceptors (Lipinski definition) is 4. The third-order valence-corrected chi connectivity index (χ3v) is 2.90. The van der Waals surface area contributed by atoms with Gasteiger partial charge in [-0.25, -0.2) is 0 Å². The minimum atomic E-state index is -0.531. The second-order valence-electron chi connectivity index (χ2n) is 4.11. The molecule has 6 nitrogen and oxygen atoms in total. The van der Waals surface area contributed by atoms with Crippen LogP contribution < -0.4 is 20.7 Å². The van der Waals surface area contributed by atoms with Gasteiger partial charge >= 0.3 is 0 Å². The molecule has 0 aliphatic heterocycles. The summed E-state index contributed by atoms with van der Waals surface area (Å²) < 4.78 is 5.14. The molecule has 0 heterocycles. The number of rotatable bonds is 6. The van der Waals surface area contributed by atoms with Crippen molar-refractivity contribution in [3.05, 3.63) is 23.2 Å². The van der Waals surface area contributed by atoms with Crippen LogP contribution in [0.15, 0.2) is 18.2 Å². The van der Waals surface area contributed by atoms with Crippen LogP contribution in [-0.2, 0) is 9.59 Å². The van der Waals surface area contributed by atoms with Crippen LogP contribution in [0.1, 0.15) is 6.92 Å². The number of methoxy groups -OCH3 is 1. The minimum Gasteiger partial charge on any atom is -0.495 e. The summed E-state index contributed by atoms with van der Waals surface area (Å²) in [5.41, 5.74) is 0.485. The first-order valence-electron chi connectivity index (χ1n) is 6.06. The first kappa shape index (κ1) is 16.3. The lowest BCUT2D eigenvalue weighted by molar-refractivity contribution is -0.120. The summed E-state index contributed by atoms with van der Waals surface area (Å²) in [7, 11) is 3.04. The third kappa shape index (κ3) is 4.71. The number of halogens is 1. The molecular weight excluding hydrogens is 282 g/mol. The van der Waals surface area contributed by atoms with Gasteiger partial charge in [0.1, 0.15) is 5.75 Å². The van der Waals surface area contributed by atoms with Gasteiger partial charge in [0, 0.05) is 12.1 Å². The summed E-state index contributed by atoms with van der Waals surface area (Å²) in [5.74, 6) is 0.0423. The first-order valence-corrected chi connectivity index (χ1v) is 6.44. The van der Waals surface area contributed by atoms with Crippen molar-refractivity contribution in [1.29, 1.82) is 0 Å². The summed E-state index contributed by atoms with van der Waals surface area (Å²) in [4.78, 5) is 23.1. The molecule has 0 aliphatic carbocycles. The summed E-state index contributed by atoms with van der Waals surface area (Å²) in [6.07, 6.45) is 0. The van der Waals surface area contributed by atoms with E-state index < -0.39 is 6.04 Å². The molecule has 1 aromatic rings. The van der Waals surface area contributed by atoms with Crippen molar-refractivity contribution in [2.24, 2.45) is 0 Å². The molecule has 7 heteroatoms. The number of nitrogens with one attached hydrogen (secondary N) is 3. The maximum Gasteiger partial charge on any atom is 0.241 e. The SMILES string of the molecule is CNC(=O)CN[C@@H](C)C(=O)Nc1cc(Cl)ccc1OC. The smallest absolute Gasteiger partial charge is 0.241 e. The van der Waals surface area contributed by atoms with Gasteiger partial charge in [-0.1, -0.05) is 11.6 Å². The second kappa shape index (κ2) is 7.72. The standard InChI is InChI=1S/C13H18ClN3O3/c1-8(16-7-12(18)15-2)13(19)17-10-6-9(14)4-5-11(10)20-3/h4-6,8,16H,7H2,1-3H3,(H,15,18)(H,17,19)/t8-/m0/s1. The Kier molecular flexibility index (Phi) is 6.27. The van der Waals surface area contributed by atoms with Crippen molar-refractivity contribution >= 4 is 29.1 Å². The van der Waals surface area contributed by atoms with Gasteiger partial charge in [-0.3, -0.25) is 14.9 Å². The van der Waals surface area contributed by atoms with Crippen LogP contribution in [-0.4, -0.2) is 38.6 Å². The number of ether oxygens (including phenoxy) is 1. The summed E-state index contributed by atoms with van der Waals surface area (Å²) in [6.45, 7) is 1.73. The fourth-order valence-corrected chi connectivity index (χ4v) is 1.62. The molecule has 0 fully saturated rings. The largest absolute Gasteiger partial charge is 0.495 e. The number of amides is 2. The third-order valence-electron chi connectivity index (χ3n) is 2.66. The average Bonchev–Trinajstić information content (AvgIpc) is 2.44. The Hall–Kier alpha value is -1.79. The maximum atomic E-state index is 12.0. The Morgan fingerprint density at radius 2 is 2.10 bits per heavy atom.